The average molecular weight is 403 g/mol. The van der Waals surface area contributed by atoms with E-state index in [2.05, 4.69) is 52.7 Å². The molecule has 5 heteroatoms. The Labute approximate surface area is 174 Å². The molecule has 0 aliphatic carbocycles. The molecule has 1 fully saturated rings. The van der Waals surface area contributed by atoms with Gasteiger partial charge in [-0.1, -0.05) is 30.3 Å². The maximum absolute atomic E-state index is 5.95. The van der Waals surface area contributed by atoms with Crippen molar-refractivity contribution in [2.45, 2.75) is 31.8 Å². The van der Waals surface area contributed by atoms with Gasteiger partial charge in [-0.05, 0) is 55.6 Å². The summed E-state index contributed by atoms with van der Waals surface area (Å²) in [5.74, 6) is 2.67. The summed E-state index contributed by atoms with van der Waals surface area (Å²) >= 11 is 0. The second-order valence-electron chi connectivity index (χ2n) is 7.67. The molecule has 0 spiro atoms. The van der Waals surface area contributed by atoms with Gasteiger partial charge < -0.3 is 14.8 Å². The van der Waals surface area contributed by atoms with Gasteiger partial charge in [-0.25, -0.2) is 0 Å². The van der Waals surface area contributed by atoms with Crippen LogP contribution in [0.4, 0.5) is 0 Å². The molecule has 0 saturated carbocycles. The molecule has 1 N–H and O–H groups in total. The van der Waals surface area contributed by atoms with Gasteiger partial charge in [-0.2, -0.15) is 0 Å². The standard InChI is InChI=1S/C23H30N2O2.ClH/c1-26-20-7-8-23-21(15-20)22(11-14-27-23)25(16-18-5-3-2-4-6-18)17-19-9-12-24-13-10-19;/h2-8,15,19,22,24H,9-14,16-17H2,1H3;1H. The summed E-state index contributed by atoms with van der Waals surface area (Å²) in [5, 5.41) is 3.49. The predicted octanol–water partition coefficient (Wildman–Crippen LogP) is 4.44. The van der Waals surface area contributed by atoms with Gasteiger partial charge in [0.25, 0.3) is 0 Å². The van der Waals surface area contributed by atoms with E-state index in [1.807, 2.05) is 6.07 Å². The third kappa shape index (κ3) is 4.99. The first-order valence-corrected chi connectivity index (χ1v) is 10.1. The molecule has 1 atom stereocenters. The van der Waals surface area contributed by atoms with Gasteiger partial charge in [0.05, 0.1) is 13.7 Å². The zero-order valence-electron chi connectivity index (χ0n) is 16.6. The minimum atomic E-state index is 0. The largest absolute Gasteiger partial charge is 0.497 e. The van der Waals surface area contributed by atoms with Crippen LogP contribution in [0.2, 0.25) is 0 Å². The third-order valence-electron chi connectivity index (χ3n) is 5.85. The van der Waals surface area contributed by atoms with Crippen molar-refractivity contribution in [1.29, 1.82) is 0 Å². The number of hydrogen-bond acceptors (Lipinski definition) is 4. The van der Waals surface area contributed by atoms with Crippen LogP contribution in [0.15, 0.2) is 48.5 Å². The first kappa shape index (κ1) is 21.0. The van der Waals surface area contributed by atoms with Gasteiger partial charge in [0, 0.05) is 31.1 Å². The molecular weight excluding hydrogens is 372 g/mol. The molecule has 152 valence electrons. The molecule has 28 heavy (non-hydrogen) atoms. The van der Waals surface area contributed by atoms with E-state index in [0.29, 0.717) is 6.04 Å². The minimum Gasteiger partial charge on any atom is -0.497 e. The van der Waals surface area contributed by atoms with Crippen molar-refractivity contribution in [3.05, 3.63) is 59.7 Å². The van der Waals surface area contributed by atoms with E-state index in [-0.39, 0.29) is 12.4 Å². The Morgan fingerprint density at radius 2 is 1.86 bits per heavy atom. The van der Waals surface area contributed by atoms with Crippen molar-refractivity contribution in [2.24, 2.45) is 5.92 Å². The van der Waals surface area contributed by atoms with Crippen LogP contribution in [0.25, 0.3) is 0 Å². The van der Waals surface area contributed by atoms with Crippen molar-refractivity contribution < 1.29 is 9.47 Å². The summed E-state index contributed by atoms with van der Waals surface area (Å²) in [4.78, 5) is 2.67. The van der Waals surface area contributed by atoms with Crippen molar-refractivity contribution >= 4 is 12.4 Å². The number of fused-ring (bicyclic) bond motifs is 1. The molecule has 2 aromatic carbocycles. The summed E-state index contributed by atoms with van der Waals surface area (Å²) in [6.45, 7) is 5.18. The van der Waals surface area contributed by atoms with Crippen molar-refractivity contribution in [3.63, 3.8) is 0 Å². The lowest BCUT2D eigenvalue weighted by Crippen LogP contribution is -2.39. The van der Waals surface area contributed by atoms with E-state index in [0.717, 1.165) is 56.6 Å². The Balaban J connectivity index is 0.00000225. The SMILES string of the molecule is COc1ccc2c(c1)C(N(Cc1ccccc1)CC1CCNCC1)CCO2.Cl. The molecule has 2 aliphatic rings. The summed E-state index contributed by atoms with van der Waals surface area (Å²) < 4.78 is 11.4. The first-order valence-electron chi connectivity index (χ1n) is 10.1. The number of benzene rings is 2. The fraction of sp³-hybridized carbons (Fsp3) is 0.478. The lowest BCUT2D eigenvalue weighted by molar-refractivity contribution is 0.106. The van der Waals surface area contributed by atoms with E-state index in [1.165, 1.54) is 24.0 Å². The number of nitrogens with one attached hydrogen (secondary N) is 1. The van der Waals surface area contributed by atoms with Gasteiger partial charge in [0.2, 0.25) is 0 Å². The quantitative estimate of drug-likeness (QED) is 0.774. The van der Waals surface area contributed by atoms with Gasteiger partial charge in [-0.15, -0.1) is 12.4 Å². The van der Waals surface area contributed by atoms with E-state index in [1.54, 1.807) is 7.11 Å². The molecule has 1 unspecified atom stereocenters. The number of ether oxygens (including phenoxy) is 2. The van der Waals surface area contributed by atoms with Gasteiger partial charge in [0.15, 0.2) is 0 Å². The maximum atomic E-state index is 5.95. The molecule has 2 aromatic rings. The van der Waals surface area contributed by atoms with E-state index >= 15 is 0 Å². The zero-order valence-corrected chi connectivity index (χ0v) is 17.4. The maximum Gasteiger partial charge on any atom is 0.124 e. The number of hydrogen-bond donors (Lipinski definition) is 1. The third-order valence-corrected chi connectivity index (χ3v) is 5.85. The highest BCUT2D eigenvalue weighted by atomic mass is 35.5. The Bertz CT molecular complexity index is 735. The predicted molar refractivity (Wildman–Crippen MR) is 116 cm³/mol. The molecule has 2 aliphatic heterocycles. The second kappa shape index (κ2) is 10.1. The fourth-order valence-corrected chi connectivity index (χ4v) is 4.38. The van der Waals surface area contributed by atoms with Crippen molar-refractivity contribution in [3.8, 4) is 11.5 Å². The molecule has 0 bridgehead atoms. The number of methoxy groups -OCH3 is 1. The number of rotatable bonds is 6. The van der Waals surface area contributed by atoms with E-state index < -0.39 is 0 Å². The van der Waals surface area contributed by atoms with Gasteiger partial charge in [-0.3, -0.25) is 4.90 Å². The van der Waals surface area contributed by atoms with Crippen LogP contribution in [0.3, 0.4) is 0 Å². The Hall–Kier alpha value is -1.75. The van der Waals surface area contributed by atoms with Crippen LogP contribution >= 0.6 is 12.4 Å². The van der Waals surface area contributed by atoms with Crippen LogP contribution < -0.4 is 14.8 Å². The molecule has 4 nitrogen and oxygen atoms in total. The minimum absolute atomic E-state index is 0. The highest BCUT2D eigenvalue weighted by Crippen LogP contribution is 2.39. The molecule has 0 radical (unpaired) electrons. The van der Waals surface area contributed by atoms with Crippen LogP contribution in [0.1, 0.15) is 36.4 Å². The van der Waals surface area contributed by atoms with Gasteiger partial charge in [0.1, 0.15) is 11.5 Å². The Kier molecular flexibility index (Phi) is 7.60. The van der Waals surface area contributed by atoms with Crippen LogP contribution in [-0.4, -0.2) is 38.3 Å². The Morgan fingerprint density at radius 3 is 2.61 bits per heavy atom. The lowest BCUT2D eigenvalue weighted by atomic mass is 9.93. The fourth-order valence-electron chi connectivity index (χ4n) is 4.38. The first-order chi connectivity index (χ1) is 13.3. The van der Waals surface area contributed by atoms with Crippen LogP contribution in [-0.2, 0) is 6.54 Å². The second-order valence-corrected chi connectivity index (χ2v) is 7.67. The zero-order chi connectivity index (χ0) is 18.5. The monoisotopic (exact) mass is 402 g/mol. The van der Waals surface area contributed by atoms with Crippen LogP contribution in [0, 0.1) is 5.92 Å². The smallest absolute Gasteiger partial charge is 0.124 e. The number of halogens is 1. The van der Waals surface area contributed by atoms with Gasteiger partial charge >= 0.3 is 0 Å². The Morgan fingerprint density at radius 1 is 1.07 bits per heavy atom. The normalized spacial score (nSPS) is 19.4. The average Bonchev–Trinajstić information content (AvgIpc) is 2.74. The van der Waals surface area contributed by atoms with E-state index in [9.17, 15) is 0 Å². The summed E-state index contributed by atoms with van der Waals surface area (Å²) in [5.41, 5.74) is 2.65. The topological polar surface area (TPSA) is 33.7 Å². The molecule has 1 saturated heterocycles. The molecule has 2 heterocycles. The number of piperidine rings is 1. The van der Waals surface area contributed by atoms with Crippen molar-refractivity contribution in [2.75, 3.05) is 33.4 Å². The molecule has 4 rings (SSSR count). The lowest BCUT2D eigenvalue weighted by Gasteiger charge is -2.38. The highest BCUT2D eigenvalue weighted by molar-refractivity contribution is 5.85. The number of nitrogens with zero attached hydrogens (tertiary/aromatic N) is 1. The highest BCUT2D eigenvalue weighted by Gasteiger charge is 2.29. The molecular formula is C23H31ClN2O2. The summed E-state index contributed by atoms with van der Waals surface area (Å²) in [6.07, 6.45) is 3.55. The summed E-state index contributed by atoms with van der Waals surface area (Å²) in [7, 11) is 1.73. The molecule has 0 aromatic heterocycles. The molecule has 0 amide bonds. The van der Waals surface area contributed by atoms with Crippen LogP contribution in [0.5, 0.6) is 11.5 Å². The van der Waals surface area contributed by atoms with E-state index in [4.69, 9.17) is 9.47 Å². The van der Waals surface area contributed by atoms with Crippen molar-refractivity contribution in [1.82, 2.24) is 10.2 Å². The summed E-state index contributed by atoms with van der Waals surface area (Å²) in [6, 6.07) is 17.4.